The van der Waals surface area contributed by atoms with E-state index in [1.807, 2.05) is 18.5 Å². The van der Waals surface area contributed by atoms with Gasteiger partial charge in [0, 0.05) is 38.1 Å². The van der Waals surface area contributed by atoms with E-state index < -0.39 is 0 Å². The van der Waals surface area contributed by atoms with E-state index in [0.29, 0.717) is 6.54 Å². The lowest BCUT2D eigenvalue weighted by atomic mass is 10.00. The minimum absolute atomic E-state index is 0.0382. The quantitative estimate of drug-likeness (QED) is 0.831. The van der Waals surface area contributed by atoms with Crippen LogP contribution in [0.25, 0.3) is 0 Å². The highest BCUT2D eigenvalue weighted by Gasteiger charge is 2.30. The standard InChI is InChI=1S/C14H23N3O/c1-11-4-6-16-9-12(11)13(8-15)17-10-14(2)5-3-7-18-14/h4,6,9,13,17H,3,5,7-8,10,15H2,1-2H3. The molecule has 0 spiro atoms. The first-order chi connectivity index (χ1) is 8.64. The van der Waals surface area contributed by atoms with Crippen LogP contribution in [-0.4, -0.2) is 30.3 Å². The van der Waals surface area contributed by atoms with Gasteiger partial charge in [0.25, 0.3) is 0 Å². The molecule has 100 valence electrons. The molecule has 1 aliphatic rings. The molecule has 3 N–H and O–H groups in total. The van der Waals surface area contributed by atoms with E-state index in [9.17, 15) is 0 Å². The van der Waals surface area contributed by atoms with E-state index in [2.05, 4.69) is 24.1 Å². The molecule has 1 aromatic rings. The predicted octanol–water partition coefficient (Wildman–Crippen LogP) is 1.55. The van der Waals surface area contributed by atoms with Crippen molar-refractivity contribution in [2.75, 3.05) is 19.7 Å². The first-order valence-corrected chi connectivity index (χ1v) is 6.62. The minimum atomic E-state index is -0.0382. The second-order valence-corrected chi connectivity index (χ2v) is 5.30. The Hall–Kier alpha value is -0.970. The van der Waals surface area contributed by atoms with Gasteiger partial charge in [0.1, 0.15) is 0 Å². The highest BCUT2D eigenvalue weighted by molar-refractivity contribution is 5.25. The van der Waals surface area contributed by atoms with Crippen molar-refractivity contribution in [3.8, 4) is 0 Å². The number of hydrogen-bond acceptors (Lipinski definition) is 4. The maximum absolute atomic E-state index is 5.87. The number of aryl methyl sites for hydroxylation is 1. The van der Waals surface area contributed by atoms with E-state index in [4.69, 9.17) is 10.5 Å². The molecule has 2 heterocycles. The maximum Gasteiger partial charge on any atom is 0.0779 e. The lowest BCUT2D eigenvalue weighted by Crippen LogP contribution is -2.41. The molecule has 2 atom stereocenters. The Kier molecular flexibility index (Phi) is 4.32. The summed E-state index contributed by atoms with van der Waals surface area (Å²) in [7, 11) is 0. The number of nitrogens with one attached hydrogen (secondary N) is 1. The van der Waals surface area contributed by atoms with Gasteiger partial charge in [0.2, 0.25) is 0 Å². The summed E-state index contributed by atoms with van der Waals surface area (Å²) in [4.78, 5) is 4.18. The first-order valence-electron chi connectivity index (χ1n) is 6.62. The van der Waals surface area contributed by atoms with Crippen molar-refractivity contribution in [1.82, 2.24) is 10.3 Å². The summed E-state index contributed by atoms with van der Waals surface area (Å²) in [5.41, 5.74) is 8.24. The SMILES string of the molecule is Cc1ccncc1C(CN)NCC1(C)CCCO1. The fourth-order valence-corrected chi connectivity index (χ4v) is 2.48. The molecule has 2 rings (SSSR count). The van der Waals surface area contributed by atoms with Crippen molar-refractivity contribution < 1.29 is 4.74 Å². The summed E-state index contributed by atoms with van der Waals surface area (Å²) >= 11 is 0. The monoisotopic (exact) mass is 249 g/mol. The van der Waals surface area contributed by atoms with Crippen LogP contribution < -0.4 is 11.1 Å². The van der Waals surface area contributed by atoms with Gasteiger partial charge >= 0.3 is 0 Å². The topological polar surface area (TPSA) is 60.2 Å². The summed E-state index contributed by atoms with van der Waals surface area (Å²) in [6, 6.07) is 2.17. The molecule has 0 saturated carbocycles. The largest absolute Gasteiger partial charge is 0.374 e. The summed E-state index contributed by atoms with van der Waals surface area (Å²) in [6.45, 7) is 6.54. The summed E-state index contributed by atoms with van der Waals surface area (Å²) in [5.74, 6) is 0. The Morgan fingerprint density at radius 1 is 1.61 bits per heavy atom. The molecule has 1 fully saturated rings. The third-order valence-corrected chi connectivity index (χ3v) is 3.71. The zero-order valence-corrected chi connectivity index (χ0v) is 11.3. The third-order valence-electron chi connectivity index (χ3n) is 3.71. The van der Waals surface area contributed by atoms with Crippen LogP contribution in [0.2, 0.25) is 0 Å². The maximum atomic E-state index is 5.87. The smallest absolute Gasteiger partial charge is 0.0779 e. The van der Waals surface area contributed by atoms with Crippen molar-refractivity contribution in [2.24, 2.45) is 5.73 Å². The zero-order valence-electron chi connectivity index (χ0n) is 11.3. The second-order valence-electron chi connectivity index (χ2n) is 5.30. The van der Waals surface area contributed by atoms with Gasteiger partial charge in [-0.15, -0.1) is 0 Å². The molecule has 1 aromatic heterocycles. The van der Waals surface area contributed by atoms with Gasteiger partial charge in [0.05, 0.1) is 5.60 Å². The molecule has 0 amide bonds. The number of hydrogen-bond donors (Lipinski definition) is 2. The van der Waals surface area contributed by atoms with Crippen LogP contribution in [0.5, 0.6) is 0 Å². The van der Waals surface area contributed by atoms with Gasteiger partial charge in [-0.3, -0.25) is 4.98 Å². The fraction of sp³-hybridized carbons (Fsp3) is 0.643. The number of nitrogens with two attached hydrogens (primary N) is 1. The van der Waals surface area contributed by atoms with E-state index in [-0.39, 0.29) is 11.6 Å². The number of nitrogens with zero attached hydrogens (tertiary/aromatic N) is 1. The Morgan fingerprint density at radius 3 is 3.06 bits per heavy atom. The predicted molar refractivity (Wildman–Crippen MR) is 72.4 cm³/mol. The molecule has 4 heteroatoms. The molecule has 1 aliphatic heterocycles. The Morgan fingerprint density at radius 2 is 2.44 bits per heavy atom. The van der Waals surface area contributed by atoms with Gasteiger partial charge < -0.3 is 15.8 Å². The Balaban J connectivity index is 1.99. The second kappa shape index (κ2) is 5.78. The molecule has 0 bridgehead atoms. The molecule has 18 heavy (non-hydrogen) atoms. The van der Waals surface area contributed by atoms with Crippen LogP contribution >= 0.6 is 0 Å². The number of ether oxygens (including phenoxy) is 1. The van der Waals surface area contributed by atoms with Gasteiger partial charge in [-0.05, 0) is 43.9 Å². The number of aromatic nitrogens is 1. The number of pyridine rings is 1. The molecular weight excluding hydrogens is 226 g/mol. The zero-order chi connectivity index (χ0) is 13.0. The van der Waals surface area contributed by atoms with E-state index >= 15 is 0 Å². The summed E-state index contributed by atoms with van der Waals surface area (Å²) in [5, 5.41) is 3.52. The van der Waals surface area contributed by atoms with Gasteiger partial charge in [-0.2, -0.15) is 0 Å². The molecule has 0 aromatic carbocycles. The Bertz CT molecular complexity index is 388. The number of rotatable bonds is 5. The van der Waals surface area contributed by atoms with Crippen LogP contribution in [0, 0.1) is 6.92 Å². The average molecular weight is 249 g/mol. The van der Waals surface area contributed by atoms with Crippen LogP contribution in [-0.2, 0) is 4.74 Å². The molecule has 1 saturated heterocycles. The normalized spacial score (nSPS) is 25.3. The van der Waals surface area contributed by atoms with Crippen LogP contribution in [0.15, 0.2) is 18.5 Å². The van der Waals surface area contributed by atoms with Crippen LogP contribution in [0.1, 0.15) is 36.9 Å². The van der Waals surface area contributed by atoms with Crippen molar-refractivity contribution in [2.45, 2.75) is 38.3 Å². The highest BCUT2D eigenvalue weighted by atomic mass is 16.5. The molecule has 0 aliphatic carbocycles. The lowest BCUT2D eigenvalue weighted by Gasteiger charge is -2.27. The third kappa shape index (κ3) is 3.07. The van der Waals surface area contributed by atoms with E-state index in [1.165, 1.54) is 11.1 Å². The fourth-order valence-electron chi connectivity index (χ4n) is 2.48. The van der Waals surface area contributed by atoms with Crippen molar-refractivity contribution in [1.29, 1.82) is 0 Å². The van der Waals surface area contributed by atoms with Gasteiger partial charge in [0.15, 0.2) is 0 Å². The van der Waals surface area contributed by atoms with Gasteiger partial charge in [-0.25, -0.2) is 0 Å². The molecule has 0 radical (unpaired) electrons. The van der Waals surface area contributed by atoms with Crippen LogP contribution in [0.4, 0.5) is 0 Å². The molecule has 4 nitrogen and oxygen atoms in total. The first kappa shape index (κ1) is 13.5. The Labute approximate surface area is 109 Å². The highest BCUT2D eigenvalue weighted by Crippen LogP contribution is 2.25. The van der Waals surface area contributed by atoms with Crippen molar-refractivity contribution in [3.63, 3.8) is 0 Å². The summed E-state index contributed by atoms with van der Waals surface area (Å²) < 4.78 is 5.78. The molecule has 2 unspecified atom stereocenters. The summed E-state index contributed by atoms with van der Waals surface area (Å²) in [6.07, 6.45) is 5.98. The lowest BCUT2D eigenvalue weighted by molar-refractivity contribution is 0.0189. The van der Waals surface area contributed by atoms with E-state index in [1.54, 1.807) is 0 Å². The van der Waals surface area contributed by atoms with E-state index in [0.717, 1.165) is 26.0 Å². The minimum Gasteiger partial charge on any atom is -0.374 e. The van der Waals surface area contributed by atoms with Crippen LogP contribution in [0.3, 0.4) is 0 Å². The molecular formula is C14H23N3O. The van der Waals surface area contributed by atoms with Crippen molar-refractivity contribution in [3.05, 3.63) is 29.6 Å². The van der Waals surface area contributed by atoms with Gasteiger partial charge in [-0.1, -0.05) is 0 Å². The average Bonchev–Trinajstić information content (AvgIpc) is 2.79. The van der Waals surface area contributed by atoms with Crippen molar-refractivity contribution >= 4 is 0 Å².